The standard InChI is InChI=1S/C11H19N3S/c1-3-5-14-6-4-9-10(8-14)15-11(13-9)7-12-2/h12H,3-8H2,1-2H3. The Balaban J connectivity index is 2.05. The maximum Gasteiger partial charge on any atom is 0.107 e. The second-order valence-electron chi connectivity index (χ2n) is 4.03. The molecule has 0 aromatic carbocycles. The smallest absolute Gasteiger partial charge is 0.107 e. The number of fused-ring (bicyclic) bond motifs is 1. The fraction of sp³-hybridized carbons (Fsp3) is 0.727. The highest BCUT2D eigenvalue weighted by atomic mass is 32.1. The van der Waals surface area contributed by atoms with Crippen LogP contribution in [0.1, 0.15) is 28.9 Å². The van der Waals surface area contributed by atoms with E-state index in [9.17, 15) is 0 Å². The van der Waals surface area contributed by atoms with E-state index in [-0.39, 0.29) is 0 Å². The molecular weight excluding hydrogens is 206 g/mol. The lowest BCUT2D eigenvalue weighted by molar-refractivity contribution is 0.256. The van der Waals surface area contributed by atoms with E-state index in [4.69, 9.17) is 0 Å². The number of rotatable bonds is 4. The zero-order valence-corrected chi connectivity index (χ0v) is 10.4. The highest BCUT2D eigenvalue weighted by molar-refractivity contribution is 7.11. The molecule has 0 saturated carbocycles. The van der Waals surface area contributed by atoms with Crippen LogP contribution in [0.15, 0.2) is 0 Å². The Morgan fingerprint density at radius 2 is 2.40 bits per heavy atom. The lowest BCUT2D eigenvalue weighted by Gasteiger charge is -2.25. The van der Waals surface area contributed by atoms with E-state index in [0.29, 0.717) is 0 Å². The minimum Gasteiger partial charge on any atom is -0.314 e. The molecule has 0 amide bonds. The third kappa shape index (κ3) is 2.56. The number of nitrogens with zero attached hydrogens (tertiary/aromatic N) is 2. The average molecular weight is 225 g/mol. The van der Waals surface area contributed by atoms with Crippen LogP contribution in [-0.2, 0) is 19.5 Å². The minimum atomic E-state index is 0.908. The topological polar surface area (TPSA) is 28.2 Å². The summed E-state index contributed by atoms with van der Waals surface area (Å²) in [6.45, 7) is 6.67. The zero-order chi connectivity index (χ0) is 10.7. The summed E-state index contributed by atoms with van der Waals surface area (Å²) in [7, 11) is 1.98. The summed E-state index contributed by atoms with van der Waals surface area (Å²) in [5.74, 6) is 0. The van der Waals surface area contributed by atoms with Crippen molar-refractivity contribution >= 4 is 11.3 Å². The highest BCUT2D eigenvalue weighted by Gasteiger charge is 2.19. The van der Waals surface area contributed by atoms with Gasteiger partial charge in [0.1, 0.15) is 5.01 Å². The van der Waals surface area contributed by atoms with Gasteiger partial charge in [-0.05, 0) is 20.0 Å². The number of nitrogens with one attached hydrogen (secondary N) is 1. The minimum absolute atomic E-state index is 0.908. The van der Waals surface area contributed by atoms with E-state index in [1.54, 1.807) is 0 Å². The molecule has 0 radical (unpaired) electrons. The van der Waals surface area contributed by atoms with Crippen molar-refractivity contribution in [2.45, 2.75) is 32.9 Å². The van der Waals surface area contributed by atoms with Crippen molar-refractivity contribution in [3.8, 4) is 0 Å². The van der Waals surface area contributed by atoms with Gasteiger partial charge >= 0.3 is 0 Å². The van der Waals surface area contributed by atoms with Gasteiger partial charge in [-0.2, -0.15) is 0 Å². The van der Waals surface area contributed by atoms with Crippen molar-refractivity contribution in [1.29, 1.82) is 0 Å². The van der Waals surface area contributed by atoms with Crippen LogP contribution in [0.25, 0.3) is 0 Å². The van der Waals surface area contributed by atoms with Gasteiger partial charge in [-0.3, -0.25) is 4.90 Å². The van der Waals surface area contributed by atoms with Gasteiger partial charge in [0.25, 0.3) is 0 Å². The largest absolute Gasteiger partial charge is 0.314 e. The number of hydrogen-bond donors (Lipinski definition) is 1. The fourth-order valence-corrected chi connectivity index (χ4v) is 3.21. The van der Waals surface area contributed by atoms with Crippen LogP contribution in [0.4, 0.5) is 0 Å². The second-order valence-corrected chi connectivity index (χ2v) is 5.20. The van der Waals surface area contributed by atoms with Crippen molar-refractivity contribution < 1.29 is 0 Å². The molecule has 0 aliphatic carbocycles. The molecule has 15 heavy (non-hydrogen) atoms. The van der Waals surface area contributed by atoms with Gasteiger partial charge in [-0.25, -0.2) is 4.98 Å². The van der Waals surface area contributed by atoms with Crippen molar-refractivity contribution in [3.63, 3.8) is 0 Å². The summed E-state index contributed by atoms with van der Waals surface area (Å²) < 4.78 is 0. The van der Waals surface area contributed by atoms with Crippen molar-refractivity contribution in [2.24, 2.45) is 0 Å². The third-order valence-corrected chi connectivity index (χ3v) is 3.80. The molecule has 3 nitrogen and oxygen atoms in total. The number of thiazole rings is 1. The van der Waals surface area contributed by atoms with E-state index in [1.807, 2.05) is 18.4 Å². The summed E-state index contributed by atoms with van der Waals surface area (Å²) in [6.07, 6.45) is 2.38. The quantitative estimate of drug-likeness (QED) is 0.844. The Kier molecular flexibility index (Phi) is 3.72. The maximum absolute atomic E-state index is 4.66. The second kappa shape index (κ2) is 5.05. The predicted octanol–water partition coefficient (Wildman–Crippen LogP) is 1.63. The molecule has 84 valence electrons. The molecular formula is C11H19N3S. The molecule has 1 aliphatic heterocycles. The monoisotopic (exact) mass is 225 g/mol. The van der Waals surface area contributed by atoms with Crippen molar-refractivity contribution in [2.75, 3.05) is 20.1 Å². The van der Waals surface area contributed by atoms with Crippen molar-refractivity contribution in [3.05, 3.63) is 15.6 Å². The highest BCUT2D eigenvalue weighted by Crippen LogP contribution is 2.25. The van der Waals surface area contributed by atoms with E-state index in [0.717, 1.165) is 19.5 Å². The van der Waals surface area contributed by atoms with E-state index < -0.39 is 0 Å². The summed E-state index contributed by atoms with van der Waals surface area (Å²) in [6, 6.07) is 0. The van der Waals surface area contributed by atoms with Gasteiger partial charge in [0.15, 0.2) is 0 Å². The summed E-state index contributed by atoms with van der Waals surface area (Å²) in [5.41, 5.74) is 1.35. The molecule has 4 heteroatoms. The van der Waals surface area contributed by atoms with Gasteiger partial charge in [0, 0.05) is 30.9 Å². The van der Waals surface area contributed by atoms with Gasteiger partial charge in [0.2, 0.25) is 0 Å². The molecule has 1 aromatic rings. The van der Waals surface area contributed by atoms with Crippen LogP contribution in [0.5, 0.6) is 0 Å². The first kappa shape index (κ1) is 11.0. The molecule has 0 bridgehead atoms. The van der Waals surface area contributed by atoms with Gasteiger partial charge in [-0.15, -0.1) is 11.3 Å². The molecule has 0 unspecified atom stereocenters. The Morgan fingerprint density at radius 3 is 3.13 bits per heavy atom. The SMILES string of the molecule is CCCN1CCc2nc(CNC)sc2C1. The first-order valence-electron chi connectivity index (χ1n) is 5.68. The average Bonchev–Trinajstić information content (AvgIpc) is 2.60. The Morgan fingerprint density at radius 1 is 1.53 bits per heavy atom. The Bertz CT molecular complexity index is 322. The number of aromatic nitrogens is 1. The first-order valence-corrected chi connectivity index (χ1v) is 6.49. The third-order valence-electron chi connectivity index (χ3n) is 2.72. The Hall–Kier alpha value is -0.450. The van der Waals surface area contributed by atoms with Gasteiger partial charge in [0.05, 0.1) is 5.69 Å². The lowest BCUT2D eigenvalue weighted by Crippen LogP contribution is -2.30. The van der Waals surface area contributed by atoms with E-state index in [1.165, 1.54) is 35.1 Å². The molecule has 0 atom stereocenters. The lowest BCUT2D eigenvalue weighted by atomic mass is 10.2. The maximum atomic E-state index is 4.66. The zero-order valence-electron chi connectivity index (χ0n) is 9.55. The van der Waals surface area contributed by atoms with Gasteiger partial charge < -0.3 is 5.32 Å². The van der Waals surface area contributed by atoms with Crippen LogP contribution >= 0.6 is 11.3 Å². The molecule has 1 N–H and O–H groups in total. The normalized spacial score (nSPS) is 16.7. The molecule has 2 rings (SSSR count). The summed E-state index contributed by atoms with van der Waals surface area (Å²) >= 11 is 1.87. The predicted molar refractivity (Wildman–Crippen MR) is 64.1 cm³/mol. The molecule has 1 aliphatic rings. The number of hydrogen-bond acceptors (Lipinski definition) is 4. The van der Waals surface area contributed by atoms with E-state index in [2.05, 4.69) is 22.1 Å². The molecule has 0 spiro atoms. The Labute approximate surface area is 95.5 Å². The van der Waals surface area contributed by atoms with Gasteiger partial charge in [-0.1, -0.05) is 6.92 Å². The molecule has 2 heterocycles. The van der Waals surface area contributed by atoms with Crippen LogP contribution in [0.2, 0.25) is 0 Å². The molecule has 0 saturated heterocycles. The van der Waals surface area contributed by atoms with E-state index >= 15 is 0 Å². The molecule has 0 fully saturated rings. The first-order chi connectivity index (χ1) is 7.33. The summed E-state index contributed by atoms with van der Waals surface area (Å²) in [4.78, 5) is 8.68. The van der Waals surface area contributed by atoms with Crippen LogP contribution in [0, 0.1) is 0 Å². The van der Waals surface area contributed by atoms with Crippen LogP contribution in [-0.4, -0.2) is 30.0 Å². The fourth-order valence-electron chi connectivity index (χ4n) is 2.04. The summed E-state index contributed by atoms with van der Waals surface area (Å²) in [5, 5.41) is 4.40. The van der Waals surface area contributed by atoms with Crippen molar-refractivity contribution in [1.82, 2.24) is 15.2 Å². The van der Waals surface area contributed by atoms with Crippen LogP contribution < -0.4 is 5.32 Å². The molecule has 1 aromatic heterocycles. The van der Waals surface area contributed by atoms with Crippen LogP contribution in [0.3, 0.4) is 0 Å².